The number of carbonyl (C=O) groups excluding carboxylic acids is 2. The van der Waals surface area contributed by atoms with Crippen LogP contribution >= 0.6 is 23.2 Å². The van der Waals surface area contributed by atoms with E-state index in [0.29, 0.717) is 27.9 Å². The van der Waals surface area contributed by atoms with Gasteiger partial charge in [0.1, 0.15) is 11.8 Å². The molecule has 2 amide bonds. The van der Waals surface area contributed by atoms with Gasteiger partial charge in [0.05, 0.1) is 0 Å². The number of rotatable bonds is 8. The van der Waals surface area contributed by atoms with Crippen LogP contribution in [0.1, 0.15) is 30.5 Å². The van der Waals surface area contributed by atoms with Crippen LogP contribution in [0.3, 0.4) is 0 Å². The van der Waals surface area contributed by atoms with E-state index in [1.165, 1.54) is 4.90 Å². The number of nitrogens with zero attached hydrogens (tertiary/aromatic N) is 1. The maximum Gasteiger partial charge on any atom is 0.261 e. The Morgan fingerprint density at radius 2 is 1.76 bits per heavy atom. The average molecular weight is 437 g/mol. The molecule has 0 aliphatic rings. The first kappa shape index (κ1) is 23.0. The Labute approximate surface area is 181 Å². The molecule has 0 aliphatic carbocycles. The van der Waals surface area contributed by atoms with Crippen LogP contribution in [-0.2, 0) is 16.1 Å². The van der Waals surface area contributed by atoms with Gasteiger partial charge in [-0.1, -0.05) is 35.3 Å². The van der Waals surface area contributed by atoms with E-state index in [1.807, 2.05) is 39.0 Å². The highest BCUT2D eigenvalue weighted by atomic mass is 35.5. The minimum absolute atomic E-state index is 0.103. The number of likely N-dealkylation sites (N-methyl/N-ethyl adjacent to an activating group) is 1. The predicted molar refractivity (Wildman–Crippen MR) is 117 cm³/mol. The standard InChI is InChI=1S/C22H26Cl2N2O3/c1-5-25-22(28)16(4)26(12-18-19(23)7-6-8-20(18)24)21(27)13-29-17-10-9-14(2)15(3)11-17/h6-11,16H,5,12-13H2,1-4H3,(H,25,28). The summed E-state index contributed by atoms with van der Waals surface area (Å²) in [6.45, 7) is 7.85. The zero-order chi connectivity index (χ0) is 21.6. The first-order valence-corrected chi connectivity index (χ1v) is 10.2. The molecular weight excluding hydrogens is 411 g/mol. The van der Waals surface area contributed by atoms with Crippen molar-refractivity contribution in [1.82, 2.24) is 10.2 Å². The van der Waals surface area contributed by atoms with Crippen molar-refractivity contribution in [3.8, 4) is 5.75 Å². The highest BCUT2D eigenvalue weighted by Crippen LogP contribution is 2.26. The van der Waals surface area contributed by atoms with Crippen LogP contribution < -0.4 is 10.1 Å². The highest BCUT2D eigenvalue weighted by molar-refractivity contribution is 6.36. The molecule has 1 N–H and O–H groups in total. The molecule has 0 radical (unpaired) electrons. The Bertz CT molecular complexity index is 866. The molecule has 2 rings (SSSR count). The first-order valence-electron chi connectivity index (χ1n) is 9.44. The Morgan fingerprint density at radius 3 is 2.34 bits per heavy atom. The van der Waals surface area contributed by atoms with Gasteiger partial charge in [-0.25, -0.2) is 0 Å². The molecule has 0 spiro atoms. The van der Waals surface area contributed by atoms with Crippen molar-refractivity contribution in [2.75, 3.05) is 13.2 Å². The summed E-state index contributed by atoms with van der Waals surface area (Å²) >= 11 is 12.5. The number of hydrogen-bond donors (Lipinski definition) is 1. The Hall–Kier alpha value is -2.24. The lowest BCUT2D eigenvalue weighted by molar-refractivity contribution is -0.142. The molecule has 2 aromatic carbocycles. The van der Waals surface area contributed by atoms with E-state index >= 15 is 0 Å². The minimum atomic E-state index is -0.710. The summed E-state index contributed by atoms with van der Waals surface area (Å²) in [5.41, 5.74) is 2.81. The monoisotopic (exact) mass is 436 g/mol. The number of carbonyl (C=O) groups is 2. The molecule has 29 heavy (non-hydrogen) atoms. The van der Waals surface area contributed by atoms with E-state index < -0.39 is 6.04 Å². The summed E-state index contributed by atoms with van der Waals surface area (Å²) in [7, 11) is 0. The quantitative estimate of drug-likeness (QED) is 0.660. The van der Waals surface area contributed by atoms with Gasteiger partial charge in [-0.15, -0.1) is 0 Å². The van der Waals surface area contributed by atoms with Gasteiger partial charge in [0.25, 0.3) is 5.91 Å². The van der Waals surface area contributed by atoms with E-state index in [1.54, 1.807) is 25.1 Å². The number of amides is 2. The lowest BCUT2D eigenvalue weighted by Crippen LogP contribution is -2.49. The molecule has 5 nitrogen and oxygen atoms in total. The molecule has 0 saturated carbocycles. The van der Waals surface area contributed by atoms with Crippen molar-refractivity contribution < 1.29 is 14.3 Å². The number of nitrogens with one attached hydrogen (secondary N) is 1. The fraction of sp³-hybridized carbons (Fsp3) is 0.364. The summed E-state index contributed by atoms with van der Waals surface area (Å²) in [5.74, 6) is 0.0102. The summed E-state index contributed by atoms with van der Waals surface area (Å²) in [4.78, 5) is 26.8. The number of benzene rings is 2. The molecule has 0 aromatic heterocycles. The largest absolute Gasteiger partial charge is 0.484 e. The molecule has 1 unspecified atom stereocenters. The summed E-state index contributed by atoms with van der Waals surface area (Å²) in [6, 6.07) is 10.1. The molecule has 0 heterocycles. The first-order chi connectivity index (χ1) is 13.7. The lowest BCUT2D eigenvalue weighted by atomic mass is 10.1. The third-order valence-electron chi connectivity index (χ3n) is 4.75. The fourth-order valence-electron chi connectivity index (χ4n) is 2.79. The maximum absolute atomic E-state index is 13.0. The van der Waals surface area contributed by atoms with Gasteiger partial charge in [-0.05, 0) is 63.1 Å². The third kappa shape index (κ3) is 6.12. The van der Waals surface area contributed by atoms with Crippen molar-refractivity contribution in [1.29, 1.82) is 0 Å². The normalized spacial score (nSPS) is 11.7. The van der Waals surface area contributed by atoms with Crippen LogP contribution in [0.5, 0.6) is 5.75 Å². The summed E-state index contributed by atoms with van der Waals surface area (Å²) < 4.78 is 5.68. The molecule has 0 aliphatic heterocycles. The molecule has 0 fully saturated rings. The van der Waals surface area contributed by atoms with Crippen molar-refractivity contribution >= 4 is 35.0 Å². The third-order valence-corrected chi connectivity index (χ3v) is 5.46. The van der Waals surface area contributed by atoms with Gasteiger partial charge >= 0.3 is 0 Å². The Balaban J connectivity index is 2.22. The van der Waals surface area contributed by atoms with Gasteiger partial charge in [0.15, 0.2) is 6.61 Å². The van der Waals surface area contributed by atoms with Crippen LogP contribution in [0, 0.1) is 13.8 Å². The topological polar surface area (TPSA) is 58.6 Å². The van der Waals surface area contributed by atoms with Crippen LogP contribution in [0.25, 0.3) is 0 Å². The fourth-order valence-corrected chi connectivity index (χ4v) is 3.31. The van der Waals surface area contributed by atoms with E-state index in [2.05, 4.69) is 5.32 Å². The van der Waals surface area contributed by atoms with Gasteiger partial charge in [-0.2, -0.15) is 0 Å². The van der Waals surface area contributed by atoms with E-state index in [9.17, 15) is 9.59 Å². The molecule has 2 aromatic rings. The summed E-state index contributed by atoms with van der Waals surface area (Å²) in [5, 5.41) is 3.62. The smallest absolute Gasteiger partial charge is 0.261 e. The number of halogens is 2. The van der Waals surface area contributed by atoms with Crippen LogP contribution in [0.2, 0.25) is 10.0 Å². The molecule has 0 saturated heterocycles. The number of hydrogen-bond acceptors (Lipinski definition) is 3. The zero-order valence-electron chi connectivity index (χ0n) is 17.1. The second kappa shape index (κ2) is 10.5. The minimum Gasteiger partial charge on any atom is -0.484 e. The van der Waals surface area contributed by atoms with Gasteiger partial charge in [0, 0.05) is 28.7 Å². The lowest BCUT2D eigenvalue weighted by Gasteiger charge is -2.29. The van der Waals surface area contributed by atoms with Crippen molar-refractivity contribution in [3.63, 3.8) is 0 Å². The average Bonchev–Trinajstić information content (AvgIpc) is 2.68. The molecule has 7 heteroatoms. The van der Waals surface area contributed by atoms with Gasteiger partial charge < -0.3 is 15.0 Å². The maximum atomic E-state index is 13.0. The molecule has 156 valence electrons. The van der Waals surface area contributed by atoms with Crippen LogP contribution in [0.15, 0.2) is 36.4 Å². The van der Waals surface area contributed by atoms with Gasteiger partial charge in [0.2, 0.25) is 5.91 Å². The predicted octanol–water partition coefficient (Wildman–Crippen LogP) is 4.54. The van der Waals surface area contributed by atoms with Crippen molar-refractivity contribution in [2.45, 2.75) is 40.3 Å². The van der Waals surface area contributed by atoms with Gasteiger partial charge in [-0.3, -0.25) is 9.59 Å². The van der Waals surface area contributed by atoms with Crippen molar-refractivity contribution in [3.05, 3.63) is 63.1 Å². The number of ether oxygens (including phenoxy) is 1. The van der Waals surface area contributed by atoms with E-state index in [0.717, 1.165) is 11.1 Å². The SMILES string of the molecule is CCNC(=O)C(C)N(Cc1c(Cl)cccc1Cl)C(=O)COc1ccc(C)c(C)c1. The highest BCUT2D eigenvalue weighted by Gasteiger charge is 2.27. The van der Waals surface area contributed by atoms with E-state index in [-0.39, 0.29) is 25.0 Å². The molecule has 0 bridgehead atoms. The second-order valence-corrected chi connectivity index (χ2v) is 7.64. The zero-order valence-corrected chi connectivity index (χ0v) is 18.6. The van der Waals surface area contributed by atoms with Crippen LogP contribution in [-0.4, -0.2) is 35.9 Å². The second-order valence-electron chi connectivity index (χ2n) is 6.83. The Morgan fingerprint density at radius 1 is 1.10 bits per heavy atom. The summed E-state index contributed by atoms with van der Waals surface area (Å²) in [6.07, 6.45) is 0. The Kier molecular flexibility index (Phi) is 8.35. The van der Waals surface area contributed by atoms with Crippen molar-refractivity contribution in [2.24, 2.45) is 0 Å². The molecular formula is C22H26Cl2N2O3. The molecule has 1 atom stereocenters. The number of aryl methyl sites for hydroxylation is 2. The van der Waals surface area contributed by atoms with Crippen LogP contribution in [0.4, 0.5) is 0 Å². The van der Waals surface area contributed by atoms with E-state index in [4.69, 9.17) is 27.9 Å².